The quantitative estimate of drug-likeness (QED) is 0.0130. The molecule has 4 heterocycles. The molecular formula is C70H91ClN10O11S. The molecule has 23 heteroatoms. The fourth-order valence-corrected chi connectivity index (χ4v) is 14.7. The Morgan fingerprint density at radius 1 is 0.699 bits per heavy atom. The van der Waals surface area contributed by atoms with Gasteiger partial charge in [-0.15, -0.1) is 13.2 Å². The molecule has 0 aliphatic heterocycles. The van der Waals surface area contributed by atoms with Gasteiger partial charge in [0.1, 0.15) is 35.4 Å². The summed E-state index contributed by atoms with van der Waals surface area (Å²) in [4.78, 5) is 84.1. The van der Waals surface area contributed by atoms with Crippen LogP contribution < -0.4 is 14.2 Å². The molecule has 4 atom stereocenters. The van der Waals surface area contributed by atoms with Crippen LogP contribution in [-0.2, 0) is 29.7 Å². The molecule has 2 saturated carbocycles. The molecule has 0 bridgehead atoms. The number of nitrogens with zero attached hydrogens (tertiary/aromatic N) is 7. The molecule has 2 aromatic carbocycles. The highest BCUT2D eigenvalue weighted by atomic mass is 35.5. The molecule has 2 aliphatic carbocycles. The summed E-state index contributed by atoms with van der Waals surface area (Å²) in [5.41, 5.74) is -0.564. The van der Waals surface area contributed by atoms with Crippen LogP contribution in [0, 0.1) is 48.7 Å². The summed E-state index contributed by atoms with van der Waals surface area (Å²) >= 11 is 6.20. The molecule has 6 aromatic rings. The minimum atomic E-state index is -3.60. The summed E-state index contributed by atoms with van der Waals surface area (Å²) in [5.74, 6) is -0.628. The number of hydrogen-bond donors (Lipinski definition) is 3. The van der Waals surface area contributed by atoms with Gasteiger partial charge in [-0.05, 0) is 105 Å². The van der Waals surface area contributed by atoms with Crippen molar-refractivity contribution in [2.45, 2.75) is 183 Å². The third-order valence-corrected chi connectivity index (χ3v) is 19.7. The van der Waals surface area contributed by atoms with Crippen LogP contribution >= 0.6 is 11.6 Å². The Morgan fingerprint density at radius 3 is 1.69 bits per heavy atom. The molecule has 4 unspecified atom stereocenters. The van der Waals surface area contributed by atoms with Crippen LogP contribution in [0.15, 0.2) is 73.8 Å². The highest BCUT2D eigenvalue weighted by Gasteiger charge is 2.41. The van der Waals surface area contributed by atoms with Gasteiger partial charge >= 0.3 is 24.0 Å². The lowest BCUT2D eigenvalue weighted by atomic mass is 9.75. The summed E-state index contributed by atoms with van der Waals surface area (Å²) < 4.78 is 54.9. The van der Waals surface area contributed by atoms with E-state index in [0.29, 0.717) is 48.2 Å². The largest absolute Gasteiger partial charge is 0.459 e. The Labute approximate surface area is 552 Å². The molecule has 2 aliphatic rings. The number of nitrogens with one attached hydrogen (secondary N) is 3. The maximum atomic E-state index is 14.0. The summed E-state index contributed by atoms with van der Waals surface area (Å²) in [5, 5.41) is 6.27. The Balaban J connectivity index is 0.000000277. The Morgan fingerprint density at radius 2 is 1.19 bits per heavy atom. The predicted molar refractivity (Wildman–Crippen MR) is 361 cm³/mol. The van der Waals surface area contributed by atoms with E-state index in [1.54, 1.807) is 42.5 Å². The van der Waals surface area contributed by atoms with Gasteiger partial charge in [-0.2, -0.15) is 0 Å². The third-order valence-electron chi connectivity index (χ3n) is 18.0. The number of ether oxygens (including phenoxy) is 4. The van der Waals surface area contributed by atoms with Gasteiger partial charge in [0.05, 0.1) is 34.9 Å². The lowest BCUT2D eigenvalue weighted by Crippen LogP contribution is -2.37. The predicted octanol–water partition coefficient (Wildman–Crippen LogP) is 16.5. The average Bonchev–Trinajstić information content (AvgIpc) is 1.60. The van der Waals surface area contributed by atoms with E-state index < -0.39 is 39.4 Å². The van der Waals surface area contributed by atoms with Crippen molar-refractivity contribution in [1.82, 2.24) is 34.1 Å². The normalized spacial score (nSPS) is 19.7. The van der Waals surface area contributed by atoms with E-state index in [-0.39, 0.29) is 117 Å². The molecule has 500 valence electrons. The summed E-state index contributed by atoms with van der Waals surface area (Å²) in [6.45, 7) is 42.2. The van der Waals surface area contributed by atoms with E-state index in [9.17, 15) is 32.4 Å². The van der Waals surface area contributed by atoms with Gasteiger partial charge < -0.3 is 28.6 Å². The number of benzene rings is 2. The number of fused-ring (bicyclic) bond motifs is 2. The number of sulfonamides is 1. The van der Waals surface area contributed by atoms with E-state index in [0.717, 1.165) is 51.2 Å². The van der Waals surface area contributed by atoms with Gasteiger partial charge in [0.25, 0.3) is 11.4 Å². The van der Waals surface area contributed by atoms with Crippen molar-refractivity contribution in [2.24, 2.45) is 35.5 Å². The van der Waals surface area contributed by atoms with Crippen molar-refractivity contribution in [2.75, 3.05) is 23.6 Å². The monoisotopic (exact) mass is 1310 g/mol. The topological polar surface area (TPSA) is 247 Å². The average molecular weight is 1320 g/mol. The molecular weight excluding hydrogens is 1220 g/mol. The number of rotatable bonds is 29. The van der Waals surface area contributed by atoms with E-state index in [1.807, 2.05) is 13.8 Å². The van der Waals surface area contributed by atoms with Crippen molar-refractivity contribution in [1.29, 1.82) is 0 Å². The first-order valence-corrected chi connectivity index (χ1v) is 34.7. The number of carbonyl (C=O) groups excluding carboxylic acids is 5. The second-order valence-corrected chi connectivity index (χ2v) is 27.7. The molecule has 0 spiro atoms. The van der Waals surface area contributed by atoms with Crippen LogP contribution in [0.5, 0.6) is 11.8 Å². The molecule has 1 amide bonds. The number of anilines is 1. The lowest BCUT2D eigenvalue weighted by molar-refractivity contribution is -0.113. The lowest BCUT2D eigenvalue weighted by Gasteiger charge is -2.37. The van der Waals surface area contributed by atoms with Gasteiger partial charge in [0.2, 0.25) is 21.8 Å². The number of amides is 1. The summed E-state index contributed by atoms with van der Waals surface area (Å²) in [6.07, 6.45) is 18.0. The number of aromatic nitrogens is 6. The first kappa shape index (κ1) is 72.2. The Kier molecular flexibility index (Phi) is 25.7. The molecule has 0 saturated heterocycles. The number of unbranched alkanes of at least 4 members (excludes halogenated alkanes) is 9. The molecule has 3 N–H and O–H groups in total. The van der Waals surface area contributed by atoms with Crippen molar-refractivity contribution in [3.63, 3.8) is 0 Å². The molecule has 2 fully saturated rings. The number of aromatic amines is 2. The molecule has 21 nitrogen and oxygen atoms in total. The molecule has 0 radical (unpaired) electrons. The second kappa shape index (κ2) is 33.1. The second-order valence-electron chi connectivity index (χ2n) is 25.4. The SMILES string of the molecule is [C-]#[N+]c1c(C(=O)OC2C(C)CC(C)CC2C)c2nc(-c3cccc(NS(=O)(=O)CCCCCCCCCCCC)c3)[nH]n2c1OC(=O)N(CC=C)CC=C.[C-]#[N+]c1c(C(=O)OC2C(C)CC(C)CC2C)c2nc(C(C=O)(CC)CC)[nH]n2c1OC(=O)c1ccccc1Cl. The van der Waals surface area contributed by atoms with E-state index in [4.69, 9.17) is 48.7 Å². The van der Waals surface area contributed by atoms with E-state index in [1.165, 1.54) is 70.7 Å². The highest BCUT2D eigenvalue weighted by molar-refractivity contribution is 7.92. The number of aldehydes is 1. The van der Waals surface area contributed by atoms with Crippen LogP contribution in [0.4, 0.5) is 21.9 Å². The first-order chi connectivity index (χ1) is 44.5. The fraction of sp³-hybridized carbons (Fsp3) is 0.529. The number of H-pyrrole nitrogens is 2. The number of hydrogen-bond acceptors (Lipinski definition) is 13. The molecule has 93 heavy (non-hydrogen) atoms. The first-order valence-electron chi connectivity index (χ1n) is 32.7. The Hall–Kier alpha value is -8.21. The van der Waals surface area contributed by atoms with Gasteiger partial charge in [0, 0.05) is 24.3 Å². The zero-order valence-corrected chi connectivity index (χ0v) is 56.8. The van der Waals surface area contributed by atoms with Gasteiger partial charge in [0.15, 0.2) is 17.1 Å². The summed E-state index contributed by atoms with van der Waals surface area (Å²) in [7, 11) is -3.60. The maximum absolute atomic E-state index is 14.0. The van der Waals surface area contributed by atoms with Crippen LogP contribution in [-0.4, -0.2) is 104 Å². The molecule has 8 rings (SSSR count). The minimum absolute atomic E-state index is 0.0177. The Bertz CT molecular complexity index is 3790. The minimum Gasteiger partial charge on any atom is -0.459 e. The van der Waals surface area contributed by atoms with Crippen LogP contribution in [0.25, 0.3) is 32.4 Å². The fourth-order valence-electron chi connectivity index (χ4n) is 13.3. The van der Waals surface area contributed by atoms with Crippen molar-refractivity contribution in [3.05, 3.63) is 124 Å². The summed E-state index contributed by atoms with van der Waals surface area (Å²) in [6, 6.07) is 13.1. The van der Waals surface area contributed by atoms with E-state index >= 15 is 0 Å². The maximum Gasteiger partial charge on any atom is 0.416 e. The van der Waals surface area contributed by atoms with Crippen LogP contribution in [0.2, 0.25) is 5.02 Å². The number of carbonyl (C=O) groups is 5. The van der Waals surface area contributed by atoms with Crippen molar-refractivity contribution in [3.8, 4) is 23.1 Å². The third kappa shape index (κ3) is 17.3. The van der Waals surface area contributed by atoms with Gasteiger partial charge in [-0.3, -0.25) is 14.9 Å². The van der Waals surface area contributed by atoms with Crippen LogP contribution in [0.3, 0.4) is 0 Å². The molecule has 4 aromatic heterocycles. The van der Waals surface area contributed by atoms with E-state index in [2.05, 4.69) is 91.2 Å². The smallest absolute Gasteiger partial charge is 0.416 e. The van der Waals surface area contributed by atoms with Gasteiger partial charge in [-0.25, -0.2) is 56.3 Å². The van der Waals surface area contributed by atoms with Crippen molar-refractivity contribution < 1.29 is 51.3 Å². The number of esters is 3. The van der Waals surface area contributed by atoms with Gasteiger partial charge in [-0.1, -0.05) is 168 Å². The zero-order valence-electron chi connectivity index (χ0n) is 55.2. The highest BCUT2D eigenvalue weighted by Crippen LogP contribution is 2.44. The zero-order chi connectivity index (χ0) is 67.7. The number of halogens is 1. The van der Waals surface area contributed by atoms with Crippen molar-refractivity contribution >= 4 is 80.3 Å². The van der Waals surface area contributed by atoms with Crippen LogP contribution in [0.1, 0.15) is 202 Å². The standard InChI is InChI=1S/C41H58N6O6S.C29H33ClN4O5/c1-8-11-12-13-14-15-16-17-18-19-25-54(50,51)45-33-22-20-21-32(28-33)37-43-38-34(40(48)52-36-30(5)26-29(4)27-31(36)6)35(42-7)39(47(38)44-37)53-41(49)46(23-9-2)24-10-3;1-7-29(8-2,15-35)28-32-24-21(27(37)38-23-17(4)13-16(3)14-18(23)5)22(31-6)25(34(24)33-28)39-26(36)19-11-9-10-12-20(19)30/h9-10,20-22,28-31,36,45H,2-3,8,11-19,23-27H2,1,4-6H3,(H,43,44);9-12,15-18,23H,7-8,13-14H2,1-5H3,(H,32,33).